The zero-order valence-corrected chi connectivity index (χ0v) is 21.1. The van der Waals surface area contributed by atoms with Gasteiger partial charge in [0.15, 0.2) is 12.5 Å². The Kier molecular flexibility index (Phi) is 4.76. The molecule has 0 unspecified atom stereocenters. The van der Waals surface area contributed by atoms with Crippen molar-refractivity contribution in [3.05, 3.63) is 82.2 Å². The van der Waals surface area contributed by atoms with Crippen LogP contribution in [0.25, 0.3) is 22.6 Å². The normalized spacial score (nSPS) is 15.2. The van der Waals surface area contributed by atoms with E-state index in [1.54, 1.807) is 0 Å². The van der Waals surface area contributed by atoms with E-state index in [0.717, 1.165) is 22.4 Å². The third-order valence-electron chi connectivity index (χ3n) is 6.96. The van der Waals surface area contributed by atoms with E-state index in [4.69, 9.17) is 4.74 Å². The Morgan fingerprint density at radius 1 is 0.758 bits per heavy atom. The van der Waals surface area contributed by atoms with Crippen LogP contribution in [0.2, 0.25) is 0 Å². The van der Waals surface area contributed by atoms with E-state index in [1.165, 1.54) is 39.2 Å². The largest absolute Gasteiger partial charge is 0.470 e. The van der Waals surface area contributed by atoms with Crippen molar-refractivity contribution >= 4 is 17.1 Å². The Morgan fingerprint density at radius 2 is 1.33 bits per heavy atom. The lowest BCUT2D eigenvalue weighted by Crippen LogP contribution is -2.24. The van der Waals surface area contributed by atoms with E-state index in [0.29, 0.717) is 6.73 Å². The van der Waals surface area contributed by atoms with Crippen molar-refractivity contribution in [2.24, 2.45) is 0 Å². The predicted molar refractivity (Wildman–Crippen MR) is 138 cm³/mol. The van der Waals surface area contributed by atoms with E-state index in [1.807, 2.05) is 12.4 Å². The third-order valence-corrected chi connectivity index (χ3v) is 6.96. The van der Waals surface area contributed by atoms with E-state index in [2.05, 4.69) is 102 Å². The Morgan fingerprint density at radius 3 is 1.94 bits per heavy atom. The molecule has 2 aliphatic heterocycles. The maximum atomic E-state index is 6.43. The van der Waals surface area contributed by atoms with Crippen LogP contribution < -0.4 is 4.90 Å². The standard InChI is InChI=1S/C30H34N2O/c1-18-15-31-16-19(2)26(18)28-27-22-11-9-20(29(3,4)5)13-23(22)24-14-21(30(6,7)8)10-12-25(24)32(27)17-33-28/h9-16H,17H2,1-8H3. The molecule has 0 saturated heterocycles. The van der Waals surface area contributed by atoms with Gasteiger partial charge in [0, 0.05) is 29.1 Å². The lowest BCUT2D eigenvalue weighted by atomic mass is 9.79. The summed E-state index contributed by atoms with van der Waals surface area (Å²) in [5.74, 6) is 0.961. The molecule has 0 fully saturated rings. The fraction of sp³-hybridized carbons (Fsp3) is 0.367. The minimum atomic E-state index is 0.0790. The molecule has 3 aromatic rings. The van der Waals surface area contributed by atoms with E-state index in [-0.39, 0.29) is 10.8 Å². The van der Waals surface area contributed by atoms with Crippen LogP contribution in [0.3, 0.4) is 0 Å². The van der Waals surface area contributed by atoms with Gasteiger partial charge in [0.1, 0.15) is 0 Å². The SMILES string of the molecule is Cc1cncc(C)c1C1=C2c3ccc(C(C)(C)C)cc3-c3cc(C(C)(C)C)ccc3N2CO1. The van der Waals surface area contributed by atoms with Crippen LogP contribution in [0.15, 0.2) is 48.8 Å². The number of aryl methyl sites for hydroxylation is 2. The molecule has 0 N–H and O–H groups in total. The molecule has 0 atom stereocenters. The molecule has 3 heterocycles. The van der Waals surface area contributed by atoms with Crippen molar-refractivity contribution in [2.45, 2.75) is 66.2 Å². The van der Waals surface area contributed by atoms with Gasteiger partial charge < -0.3 is 9.64 Å². The minimum absolute atomic E-state index is 0.0790. The maximum Gasteiger partial charge on any atom is 0.165 e. The number of hydrogen-bond acceptors (Lipinski definition) is 3. The number of anilines is 1. The average Bonchev–Trinajstić information content (AvgIpc) is 3.17. The van der Waals surface area contributed by atoms with E-state index >= 15 is 0 Å². The highest BCUT2D eigenvalue weighted by Gasteiger charge is 2.37. The van der Waals surface area contributed by atoms with Gasteiger partial charge in [-0.15, -0.1) is 0 Å². The summed E-state index contributed by atoms with van der Waals surface area (Å²) in [5, 5.41) is 0. The second kappa shape index (κ2) is 7.21. The van der Waals surface area contributed by atoms with Gasteiger partial charge >= 0.3 is 0 Å². The van der Waals surface area contributed by atoms with Crippen LogP contribution in [0.4, 0.5) is 5.69 Å². The lowest BCUT2D eigenvalue weighted by Gasteiger charge is -2.33. The zero-order valence-electron chi connectivity index (χ0n) is 21.1. The summed E-state index contributed by atoms with van der Waals surface area (Å²) in [6.07, 6.45) is 3.86. The summed E-state index contributed by atoms with van der Waals surface area (Å²) in [5.41, 5.74) is 12.5. The summed E-state index contributed by atoms with van der Waals surface area (Å²) >= 11 is 0. The first kappa shape index (κ1) is 21.8. The summed E-state index contributed by atoms with van der Waals surface area (Å²) in [7, 11) is 0. The van der Waals surface area contributed by atoms with Gasteiger partial charge in [0.25, 0.3) is 0 Å². The number of fused-ring (bicyclic) bond motifs is 6. The van der Waals surface area contributed by atoms with E-state index < -0.39 is 0 Å². The summed E-state index contributed by atoms with van der Waals surface area (Å²) in [4.78, 5) is 6.72. The summed E-state index contributed by atoms with van der Waals surface area (Å²) in [6, 6.07) is 13.9. The molecule has 0 radical (unpaired) electrons. The summed E-state index contributed by atoms with van der Waals surface area (Å²) in [6.45, 7) is 18.4. The average molecular weight is 439 g/mol. The summed E-state index contributed by atoms with van der Waals surface area (Å²) < 4.78 is 6.43. The van der Waals surface area contributed by atoms with Crippen LogP contribution in [-0.4, -0.2) is 11.7 Å². The molecule has 0 bridgehead atoms. The lowest BCUT2D eigenvalue weighted by molar-refractivity contribution is 0.307. The van der Waals surface area contributed by atoms with Crippen molar-refractivity contribution in [3.63, 3.8) is 0 Å². The van der Waals surface area contributed by atoms with Crippen LogP contribution in [-0.2, 0) is 15.6 Å². The molecule has 33 heavy (non-hydrogen) atoms. The maximum absolute atomic E-state index is 6.43. The first-order valence-electron chi connectivity index (χ1n) is 11.8. The Bertz CT molecular complexity index is 1280. The first-order valence-corrected chi connectivity index (χ1v) is 11.8. The Balaban J connectivity index is 1.83. The van der Waals surface area contributed by atoms with Crippen LogP contribution in [0, 0.1) is 13.8 Å². The van der Waals surface area contributed by atoms with Crippen molar-refractivity contribution in [2.75, 3.05) is 11.6 Å². The smallest absolute Gasteiger partial charge is 0.165 e. The van der Waals surface area contributed by atoms with Gasteiger partial charge in [-0.2, -0.15) is 0 Å². The molecule has 0 saturated carbocycles. The molecule has 0 aliphatic carbocycles. The van der Waals surface area contributed by atoms with Crippen molar-refractivity contribution < 1.29 is 4.74 Å². The first-order chi connectivity index (χ1) is 15.5. The molecule has 3 heteroatoms. The van der Waals surface area contributed by atoms with Crippen LogP contribution in [0.1, 0.15) is 74.9 Å². The molecule has 170 valence electrons. The van der Waals surface area contributed by atoms with Crippen LogP contribution in [0.5, 0.6) is 0 Å². The molecule has 1 aromatic heterocycles. The number of aromatic nitrogens is 1. The predicted octanol–water partition coefficient (Wildman–Crippen LogP) is 7.59. The third kappa shape index (κ3) is 3.45. The quantitative estimate of drug-likeness (QED) is 0.391. The van der Waals surface area contributed by atoms with Gasteiger partial charge in [-0.25, -0.2) is 0 Å². The van der Waals surface area contributed by atoms with Crippen molar-refractivity contribution in [3.8, 4) is 11.1 Å². The highest BCUT2D eigenvalue weighted by Crippen LogP contribution is 2.51. The van der Waals surface area contributed by atoms with Gasteiger partial charge in [-0.05, 0) is 70.7 Å². The zero-order chi connectivity index (χ0) is 23.7. The minimum Gasteiger partial charge on any atom is -0.470 e. The van der Waals surface area contributed by atoms with Crippen LogP contribution >= 0.6 is 0 Å². The highest BCUT2D eigenvalue weighted by atomic mass is 16.5. The Hall–Kier alpha value is -3.07. The molecule has 3 nitrogen and oxygen atoms in total. The topological polar surface area (TPSA) is 25.4 Å². The Labute approximate surface area is 198 Å². The van der Waals surface area contributed by atoms with Gasteiger partial charge in [0.2, 0.25) is 0 Å². The number of hydrogen-bond donors (Lipinski definition) is 0. The second-order valence-corrected chi connectivity index (χ2v) is 11.5. The number of benzene rings is 2. The molecule has 2 aromatic carbocycles. The van der Waals surface area contributed by atoms with Gasteiger partial charge in [0.05, 0.1) is 11.4 Å². The van der Waals surface area contributed by atoms with Crippen molar-refractivity contribution in [1.82, 2.24) is 4.98 Å². The molecule has 0 spiro atoms. The number of ether oxygens (including phenoxy) is 1. The molecule has 5 rings (SSSR count). The monoisotopic (exact) mass is 438 g/mol. The van der Waals surface area contributed by atoms with Gasteiger partial charge in [-0.3, -0.25) is 4.98 Å². The highest BCUT2D eigenvalue weighted by molar-refractivity contribution is 6.07. The fourth-order valence-corrected chi connectivity index (χ4v) is 4.99. The molecular weight excluding hydrogens is 404 g/mol. The second-order valence-electron chi connectivity index (χ2n) is 11.5. The molecule has 0 amide bonds. The number of pyridine rings is 1. The molecular formula is C30H34N2O. The fourth-order valence-electron chi connectivity index (χ4n) is 4.99. The number of nitrogens with zero attached hydrogens (tertiary/aromatic N) is 2. The number of rotatable bonds is 1. The molecule has 2 aliphatic rings. The van der Waals surface area contributed by atoms with Crippen molar-refractivity contribution in [1.29, 1.82) is 0 Å². The van der Waals surface area contributed by atoms with Gasteiger partial charge in [-0.1, -0.05) is 59.7 Å². The van der Waals surface area contributed by atoms with E-state index in [9.17, 15) is 0 Å².